The smallest absolute Gasteiger partial charge is 0.222 e. The zero-order chi connectivity index (χ0) is 15.2. The maximum atomic E-state index is 12.1. The monoisotopic (exact) mass is 299 g/mol. The van der Waals surface area contributed by atoms with Gasteiger partial charge in [0, 0.05) is 19.7 Å². The average molecular weight is 299 g/mol. The minimum absolute atomic E-state index is 0.0989. The third kappa shape index (κ3) is 5.26. The van der Waals surface area contributed by atoms with E-state index in [-0.39, 0.29) is 30.5 Å². The summed E-state index contributed by atoms with van der Waals surface area (Å²) in [5, 5.41) is 4.91. The van der Waals surface area contributed by atoms with Gasteiger partial charge in [0.25, 0.3) is 0 Å². The minimum Gasteiger partial charge on any atom is -0.337 e. The molecule has 1 aromatic rings. The lowest BCUT2D eigenvalue weighted by Crippen LogP contribution is -2.31. The summed E-state index contributed by atoms with van der Waals surface area (Å²) >= 11 is 0. The summed E-state index contributed by atoms with van der Waals surface area (Å²) in [5.41, 5.74) is 0.831. The Bertz CT molecular complexity index is 531. The molecular weight excluding hydrogens is 278 g/mol. The zero-order valence-electron chi connectivity index (χ0n) is 11.8. The first-order valence-electron chi connectivity index (χ1n) is 6.52. The van der Waals surface area contributed by atoms with Gasteiger partial charge in [-0.25, -0.2) is 13.6 Å². The van der Waals surface area contributed by atoms with Gasteiger partial charge < -0.3 is 4.90 Å². The van der Waals surface area contributed by atoms with Gasteiger partial charge in [-0.15, -0.1) is 0 Å². The predicted octanol–water partition coefficient (Wildman–Crippen LogP) is 1.06. The Hall–Kier alpha value is -1.47. The molecule has 20 heavy (non-hydrogen) atoms. The topological polar surface area (TPSA) is 93.4 Å². The molecule has 0 aliphatic rings. The fraction of sp³-hybridized carbons (Fsp3) is 0.538. The highest BCUT2D eigenvalue weighted by atomic mass is 32.2. The van der Waals surface area contributed by atoms with Crippen LogP contribution in [0.1, 0.15) is 37.9 Å². The number of sulfonamides is 1. The maximum absolute atomic E-state index is 12.1. The van der Waals surface area contributed by atoms with Crippen LogP contribution in [0.15, 0.2) is 24.4 Å². The summed E-state index contributed by atoms with van der Waals surface area (Å²) in [6.45, 7) is 1.98. The molecule has 1 rings (SSSR count). The molecule has 6 nitrogen and oxygen atoms in total. The second kappa shape index (κ2) is 7.35. The number of pyridine rings is 1. The summed E-state index contributed by atoms with van der Waals surface area (Å²) in [5.74, 6) is -0.279. The van der Waals surface area contributed by atoms with E-state index in [9.17, 15) is 13.2 Å². The molecule has 112 valence electrons. The molecular formula is C13H21N3O3S. The molecule has 0 aliphatic heterocycles. The Morgan fingerprint density at radius 3 is 2.65 bits per heavy atom. The lowest BCUT2D eigenvalue weighted by molar-refractivity contribution is -0.132. The van der Waals surface area contributed by atoms with Crippen molar-refractivity contribution in [2.24, 2.45) is 5.14 Å². The molecule has 0 radical (unpaired) electrons. The first kappa shape index (κ1) is 16.6. The molecule has 2 N–H and O–H groups in total. The Morgan fingerprint density at radius 1 is 1.45 bits per heavy atom. The van der Waals surface area contributed by atoms with Gasteiger partial charge in [-0.1, -0.05) is 13.0 Å². The summed E-state index contributed by atoms with van der Waals surface area (Å²) in [6.07, 6.45) is 2.84. The molecule has 0 fully saturated rings. The van der Waals surface area contributed by atoms with Crippen molar-refractivity contribution >= 4 is 15.9 Å². The van der Waals surface area contributed by atoms with E-state index in [1.165, 1.54) is 0 Å². The quantitative estimate of drug-likeness (QED) is 0.814. The van der Waals surface area contributed by atoms with Crippen molar-refractivity contribution in [1.29, 1.82) is 0 Å². The summed E-state index contributed by atoms with van der Waals surface area (Å²) < 4.78 is 21.7. The minimum atomic E-state index is -3.51. The molecule has 0 spiro atoms. The second-order valence-corrected chi connectivity index (χ2v) is 6.39. The van der Waals surface area contributed by atoms with Crippen LogP contribution in [-0.4, -0.2) is 37.0 Å². The fourth-order valence-electron chi connectivity index (χ4n) is 2.03. The molecule has 1 atom stereocenters. The number of aromatic nitrogens is 1. The Morgan fingerprint density at radius 2 is 2.15 bits per heavy atom. The van der Waals surface area contributed by atoms with E-state index in [0.717, 1.165) is 12.1 Å². The van der Waals surface area contributed by atoms with Crippen LogP contribution in [0, 0.1) is 0 Å². The van der Waals surface area contributed by atoms with Gasteiger partial charge in [-0.3, -0.25) is 9.78 Å². The lowest BCUT2D eigenvalue weighted by atomic mass is 10.1. The van der Waals surface area contributed by atoms with Gasteiger partial charge in [0.05, 0.1) is 17.5 Å². The van der Waals surface area contributed by atoms with E-state index in [2.05, 4.69) is 4.98 Å². The lowest BCUT2D eigenvalue weighted by Gasteiger charge is -2.27. The van der Waals surface area contributed by atoms with Crippen LogP contribution < -0.4 is 5.14 Å². The van der Waals surface area contributed by atoms with E-state index < -0.39 is 10.0 Å². The molecule has 0 bridgehead atoms. The molecule has 0 saturated carbocycles. The second-order valence-electron chi connectivity index (χ2n) is 4.65. The van der Waals surface area contributed by atoms with E-state index >= 15 is 0 Å². The number of primary sulfonamides is 1. The van der Waals surface area contributed by atoms with Crippen molar-refractivity contribution < 1.29 is 13.2 Å². The highest BCUT2D eigenvalue weighted by Gasteiger charge is 2.20. The third-order valence-corrected chi connectivity index (χ3v) is 3.95. The van der Waals surface area contributed by atoms with Gasteiger partial charge >= 0.3 is 0 Å². The van der Waals surface area contributed by atoms with Gasteiger partial charge in [0.1, 0.15) is 0 Å². The molecule has 7 heteroatoms. The van der Waals surface area contributed by atoms with Crippen LogP contribution in [0.25, 0.3) is 0 Å². The summed E-state index contributed by atoms with van der Waals surface area (Å²) in [4.78, 5) is 17.9. The number of rotatable bonds is 7. The number of carbonyl (C=O) groups excluding carboxylic acids is 1. The van der Waals surface area contributed by atoms with E-state index in [4.69, 9.17) is 5.14 Å². The predicted molar refractivity (Wildman–Crippen MR) is 77.2 cm³/mol. The summed E-state index contributed by atoms with van der Waals surface area (Å²) in [6, 6.07) is 5.48. The van der Waals surface area contributed by atoms with E-state index in [0.29, 0.717) is 0 Å². The molecule has 1 aromatic heterocycles. The van der Waals surface area contributed by atoms with E-state index in [1.807, 2.05) is 25.1 Å². The number of amides is 1. The normalized spacial score (nSPS) is 12.9. The summed E-state index contributed by atoms with van der Waals surface area (Å²) in [7, 11) is -1.80. The molecule has 0 saturated heterocycles. The van der Waals surface area contributed by atoms with Crippen molar-refractivity contribution in [3.63, 3.8) is 0 Å². The first-order chi connectivity index (χ1) is 9.35. The SMILES string of the molecule is CCC(c1ccccn1)N(C)C(=O)CCCS(N)(=O)=O. The first-order valence-corrected chi connectivity index (χ1v) is 8.23. The van der Waals surface area contributed by atoms with Gasteiger partial charge in [0.15, 0.2) is 0 Å². The number of carbonyl (C=O) groups is 1. The average Bonchev–Trinajstić information content (AvgIpc) is 2.39. The highest BCUT2D eigenvalue weighted by molar-refractivity contribution is 7.89. The standard InChI is InChI=1S/C13H21N3O3S/c1-3-12(11-7-4-5-9-15-11)16(2)13(17)8-6-10-20(14,18)19/h4-5,7,9,12H,3,6,8,10H2,1-2H3,(H2,14,18,19). The molecule has 0 aliphatic carbocycles. The van der Waals surface area contributed by atoms with Crippen molar-refractivity contribution in [2.75, 3.05) is 12.8 Å². The molecule has 1 unspecified atom stereocenters. The maximum Gasteiger partial charge on any atom is 0.222 e. The number of nitrogens with zero attached hydrogens (tertiary/aromatic N) is 2. The van der Waals surface area contributed by atoms with Crippen LogP contribution in [0.2, 0.25) is 0 Å². The largest absolute Gasteiger partial charge is 0.337 e. The van der Waals surface area contributed by atoms with Crippen LogP contribution in [-0.2, 0) is 14.8 Å². The van der Waals surface area contributed by atoms with Crippen molar-refractivity contribution in [3.05, 3.63) is 30.1 Å². The van der Waals surface area contributed by atoms with Gasteiger partial charge in [-0.2, -0.15) is 0 Å². The zero-order valence-corrected chi connectivity index (χ0v) is 12.6. The van der Waals surface area contributed by atoms with Gasteiger partial charge in [-0.05, 0) is 25.0 Å². The molecule has 0 aromatic carbocycles. The Labute approximate surface area is 120 Å². The number of nitrogens with two attached hydrogens (primary N) is 1. The number of hydrogen-bond acceptors (Lipinski definition) is 4. The third-order valence-electron chi connectivity index (χ3n) is 3.10. The van der Waals surface area contributed by atoms with Crippen molar-refractivity contribution in [3.8, 4) is 0 Å². The molecule has 1 heterocycles. The van der Waals surface area contributed by atoms with Crippen molar-refractivity contribution in [1.82, 2.24) is 9.88 Å². The Balaban J connectivity index is 2.62. The van der Waals surface area contributed by atoms with Crippen LogP contribution >= 0.6 is 0 Å². The fourth-order valence-corrected chi connectivity index (χ4v) is 2.58. The van der Waals surface area contributed by atoms with Crippen LogP contribution in [0.4, 0.5) is 0 Å². The van der Waals surface area contributed by atoms with Crippen molar-refractivity contribution in [2.45, 2.75) is 32.2 Å². The van der Waals surface area contributed by atoms with Crippen LogP contribution in [0.5, 0.6) is 0 Å². The van der Waals surface area contributed by atoms with Gasteiger partial charge in [0.2, 0.25) is 15.9 Å². The van der Waals surface area contributed by atoms with Crippen LogP contribution in [0.3, 0.4) is 0 Å². The van der Waals surface area contributed by atoms with E-state index in [1.54, 1.807) is 18.1 Å². The molecule has 1 amide bonds. The Kier molecular flexibility index (Phi) is 6.09. The highest BCUT2D eigenvalue weighted by Crippen LogP contribution is 2.21. The number of hydrogen-bond donors (Lipinski definition) is 1.